The minimum absolute atomic E-state index is 0.229. The van der Waals surface area contributed by atoms with Crippen molar-refractivity contribution in [3.63, 3.8) is 0 Å². The van der Waals surface area contributed by atoms with E-state index in [0.29, 0.717) is 7.14 Å². The molecule has 0 spiro atoms. The van der Waals surface area contributed by atoms with E-state index in [1.54, 1.807) is 6.07 Å². The summed E-state index contributed by atoms with van der Waals surface area (Å²) in [5.74, 6) is 0. The predicted octanol–water partition coefficient (Wildman–Crippen LogP) is 2.63. The SMILES string of the molecule is O=Ic1c(I)cc(I)cc1S(=O)(=O)O. The Hall–Kier alpha value is 1.12. The van der Waals surface area contributed by atoms with Crippen LogP contribution in [0.3, 0.4) is 0 Å². The highest BCUT2D eigenvalue weighted by atomic mass is 127. The highest BCUT2D eigenvalue weighted by Crippen LogP contribution is 2.28. The van der Waals surface area contributed by atoms with Gasteiger partial charge < -0.3 is 0 Å². The molecule has 1 aromatic rings. The summed E-state index contributed by atoms with van der Waals surface area (Å²) in [6, 6.07) is 3.02. The van der Waals surface area contributed by atoms with E-state index in [1.165, 1.54) is 6.07 Å². The van der Waals surface area contributed by atoms with Gasteiger partial charge in [-0.3, -0.25) is 7.62 Å². The first-order valence-electron chi connectivity index (χ1n) is 3.10. The third-order valence-corrected chi connectivity index (χ3v) is 6.67. The fourth-order valence-electron chi connectivity index (χ4n) is 0.795. The number of halogens is 3. The van der Waals surface area contributed by atoms with Crippen LogP contribution in [0.15, 0.2) is 17.0 Å². The Morgan fingerprint density at radius 1 is 1.29 bits per heavy atom. The minimum atomic E-state index is -4.27. The topological polar surface area (TPSA) is 71.4 Å². The first-order valence-corrected chi connectivity index (χ1v) is 8.65. The molecule has 0 radical (unpaired) electrons. The molecule has 0 amide bonds. The molecule has 8 heteroatoms. The molecular formula is C6H3I3O4S. The fourth-order valence-corrected chi connectivity index (χ4v) is 5.99. The fraction of sp³-hybridized carbons (Fsp3) is 0. The van der Waals surface area contributed by atoms with Gasteiger partial charge in [0.05, 0.1) is 3.57 Å². The van der Waals surface area contributed by atoms with Gasteiger partial charge in [-0.05, 0) is 57.3 Å². The van der Waals surface area contributed by atoms with E-state index in [4.69, 9.17) is 4.55 Å². The van der Waals surface area contributed by atoms with Crippen molar-refractivity contribution in [2.75, 3.05) is 0 Å². The van der Waals surface area contributed by atoms with Crippen molar-refractivity contribution in [3.05, 3.63) is 22.8 Å². The lowest BCUT2D eigenvalue weighted by Gasteiger charge is -2.03. The van der Waals surface area contributed by atoms with Gasteiger partial charge in [0.1, 0.15) is 4.90 Å². The number of benzene rings is 1. The maximum atomic E-state index is 10.9. The van der Waals surface area contributed by atoms with Crippen molar-refractivity contribution in [1.82, 2.24) is 0 Å². The normalized spacial score (nSPS) is 11.6. The van der Waals surface area contributed by atoms with Crippen LogP contribution in [-0.2, 0) is 13.2 Å². The van der Waals surface area contributed by atoms with E-state index < -0.39 is 31.3 Å². The summed E-state index contributed by atoms with van der Waals surface area (Å²) in [5.41, 5.74) is 0. The Labute approximate surface area is 119 Å². The Kier molecular flexibility index (Phi) is 4.68. The van der Waals surface area contributed by atoms with Crippen molar-refractivity contribution in [2.24, 2.45) is 0 Å². The molecule has 0 fully saturated rings. The molecule has 1 aromatic carbocycles. The van der Waals surface area contributed by atoms with Crippen molar-refractivity contribution >= 4 is 76.5 Å². The quantitative estimate of drug-likeness (QED) is 0.349. The second-order valence-corrected chi connectivity index (χ2v) is 7.57. The summed E-state index contributed by atoms with van der Waals surface area (Å²) >= 11 is 2.22. The molecule has 78 valence electrons. The molecule has 0 bridgehead atoms. The lowest BCUT2D eigenvalue weighted by molar-refractivity contribution is 0.482. The molecule has 0 atom stereocenters. The number of rotatable bonds is 2. The van der Waals surface area contributed by atoms with Crippen LogP contribution < -0.4 is 0 Å². The first kappa shape index (κ1) is 13.2. The van der Waals surface area contributed by atoms with Crippen molar-refractivity contribution in [3.8, 4) is 0 Å². The van der Waals surface area contributed by atoms with Gasteiger partial charge in [0.15, 0.2) is 21.2 Å². The average molecular weight is 552 g/mol. The van der Waals surface area contributed by atoms with Crippen LogP contribution in [-0.4, -0.2) is 13.0 Å². The lowest BCUT2D eigenvalue weighted by atomic mass is 10.4. The highest BCUT2D eigenvalue weighted by molar-refractivity contribution is 14.2. The minimum Gasteiger partial charge on any atom is -0.282 e. The second-order valence-electron chi connectivity index (χ2n) is 2.25. The second kappa shape index (κ2) is 4.97. The average Bonchev–Trinajstić information content (AvgIpc) is 2.01. The molecule has 0 saturated heterocycles. The zero-order chi connectivity index (χ0) is 10.9. The Balaban J connectivity index is 3.65. The van der Waals surface area contributed by atoms with Crippen LogP contribution in [0.4, 0.5) is 0 Å². The van der Waals surface area contributed by atoms with Crippen molar-refractivity contribution < 1.29 is 16.0 Å². The van der Waals surface area contributed by atoms with E-state index in [2.05, 4.69) is 0 Å². The van der Waals surface area contributed by atoms with E-state index in [0.717, 1.165) is 0 Å². The van der Waals surface area contributed by atoms with E-state index in [9.17, 15) is 11.5 Å². The zero-order valence-corrected chi connectivity index (χ0v) is 13.7. The molecule has 0 unspecified atom stereocenters. The van der Waals surface area contributed by atoms with E-state index in [-0.39, 0.29) is 8.47 Å². The molecular weight excluding hydrogens is 549 g/mol. The van der Waals surface area contributed by atoms with E-state index >= 15 is 0 Å². The van der Waals surface area contributed by atoms with Crippen molar-refractivity contribution in [1.29, 1.82) is 0 Å². The monoisotopic (exact) mass is 552 g/mol. The summed E-state index contributed by atoms with van der Waals surface area (Å²) < 4.78 is 43.2. The summed E-state index contributed by atoms with van der Waals surface area (Å²) in [7, 11) is -4.27. The van der Waals surface area contributed by atoms with Gasteiger partial charge in [0.25, 0.3) is 10.1 Å². The molecule has 4 nitrogen and oxygen atoms in total. The molecule has 1 N–H and O–H groups in total. The van der Waals surface area contributed by atoms with Gasteiger partial charge in [-0.2, -0.15) is 8.42 Å². The van der Waals surface area contributed by atoms with Gasteiger partial charge in [0, 0.05) is 7.14 Å². The molecule has 14 heavy (non-hydrogen) atoms. The molecule has 0 aliphatic carbocycles. The zero-order valence-electron chi connectivity index (χ0n) is 6.37. The first-order chi connectivity index (χ1) is 6.36. The van der Waals surface area contributed by atoms with Crippen molar-refractivity contribution in [2.45, 2.75) is 4.90 Å². The molecule has 0 aromatic heterocycles. The summed E-state index contributed by atoms with van der Waals surface area (Å²) in [4.78, 5) is -0.239. The van der Waals surface area contributed by atoms with Gasteiger partial charge in [-0.15, -0.1) is 0 Å². The highest BCUT2D eigenvalue weighted by Gasteiger charge is 2.19. The maximum absolute atomic E-state index is 10.9. The molecule has 0 aliphatic rings. The standard InChI is InChI=1S/C6H3I3O4S/c7-3-1-4(8)6(9-10)5(2-3)14(11,12)13/h1-2H,(H,11,12,13). The van der Waals surface area contributed by atoms with Gasteiger partial charge in [0.2, 0.25) is 0 Å². The molecule has 0 aliphatic heterocycles. The Morgan fingerprint density at radius 2 is 1.86 bits per heavy atom. The van der Waals surface area contributed by atoms with Crippen LogP contribution in [0.5, 0.6) is 0 Å². The van der Waals surface area contributed by atoms with E-state index in [1.807, 2.05) is 45.2 Å². The van der Waals surface area contributed by atoms with Crippen LogP contribution in [0.2, 0.25) is 0 Å². The summed E-state index contributed by atoms with van der Waals surface area (Å²) in [6.45, 7) is 0. The number of hydrogen-bond donors (Lipinski definition) is 1. The van der Waals surface area contributed by atoms with Gasteiger partial charge in [-0.25, -0.2) is 0 Å². The van der Waals surface area contributed by atoms with Gasteiger partial charge in [-0.1, -0.05) is 0 Å². The van der Waals surface area contributed by atoms with Crippen LogP contribution >= 0.6 is 66.4 Å². The lowest BCUT2D eigenvalue weighted by Crippen LogP contribution is -2.03. The van der Waals surface area contributed by atoms with Gasteiger partial charge >= 0.3 is 0 Å². The Bertz CT molecular complexity index is 482. The third kappa shape index (κ3) is 3.05. The Morgan fingerprint density at radius 3 is 2.29 bits per heavy atom. The molecule has 1 rings (SSSR count). The number of hydrogen-bond acceptors (Lipinski definition) is 3. The largest absolute Gasteiger partial charge is 0.295 e. The summed E-state index contributed by atoms with van der Waals surface area (Å²) in [5, 5.41) is 0. The van der Waals surface area contributed by atoms with Crippen LogP contribution in [0, 0.1) is 10.7 Å². The molecule has 0 heterocycles. The summed E-state index contributed by atoms with van der Waals surface area (Å²) in [6.07, 6.45) is 0. The maximum Gasteiger partial charge on any atom is 0.295 e. The predicted molar refractivity (Wildman–Crippen MR) is 75.1 cm³/mol. The smallest absolute Gasteiger partial charge is 0.282 e. The molecule has 0 saturated carbocycles. The third-order valence-electron chi connectivity index (χ3n) is 1.31. The van der Waals surface area contributed by atoms with Crippen LogP contribution in [0.25, 0.3) is 0 Å². The van der Waals surface area contributed by atoms with Crippen LogP contribution in [0.1, 0.15) is 0 Å².